The van der Waals surface area contributed by atoms with E-state index in [2.05, 4.69) is 51.7 Å². The van der Waals surface area contributed by atoms with Gasteiger partial charge in [0.25, 0.3) is 0 Å². The van der Waals surface area contributed by atoms with E-state index >= 15 is 0 Å². The number of hydrogen-bond acceptors (Lipinski definition) is 5. The standard InChI is InChI=1S/C22H31N3O2S/c1-16(2)22(26)23-17(3)21(20-6-5-15-28-20)25-13-11-24(12-14-25)18-7-9-19(27-4)10-8-18/h5-10,15-17,21H,11-14H2,1-4H3,(H,23,26)/t17-,21+/m0/s1. The van der Waals surface area contributed by atoms with Crippen LogP contribution in [0, 0.1) is 5.92 Å². The lowest BCUT2D eigenvalue weighted by Crippen LogP contribution is -2.52. The molecule has 1 aromatic heterocycles. The fraction of sp³-hybridized carbons (Fsp3) is 0.500. The normalized spacial score (nSPS) is 17.4. The van der Waals surface area contributed by atoms with E-state index < -0.39 is 0 Å². The first kappa shape index (κ1) is 20.7. The van der Waals surface area contributed by atoms with E-state index in [1.54, 1.807) is 18.4 Å². The summed E-state index contributed by atoms with van der Waals surface area (Å²) in [6.07, 6.45) is 0. The molecule has 1 aromatic carbocycles. The summed E-state index contributed by atoms with van der Waals surface area (Å²) in [6, 6.07) is 12.8. The maximum absolute atomic E-state index is 12.3. The van der Waals surface area contributed by atoms with Gasteiger partial charge < -0.3 is 15.0 Å². The second-order valence-electron chi connectivity index (χ2n) is 7.63. The van der Waals surface area contributed by atoms with Crippen molar-refractivity contribution in [1.82, 2.24) is 10.2 Å². The van der Waals surface area contributed by atoms with Crippen LogP contribution >= 0.6 is 11.3 Å². The highest BCUT2D eigenvalue weighted by molar-refractivity contribution is 7.10. The van der Waals surface area contributed by atoms with Crippen molar-refractivity contribution >= 4 is 22.9 Å². The van der Waals surface area contributed by atoms with Gasteiger partial charge in [0.2, 0.25) is 5.91 Å². The number of methoxy groups -OCH3 is 1. The van der Waals surface area contributed by atoms with Gasteiger partial charge in [0.1, 0.15) is 5.75 Å². The van der Waals surface area contributed by atoms with Gasteiger partial charge in [-0.15, -0.1) is 11.3 Å². The van der Waals surface area contributed by atoms with Crippen molar-refractivity contribution in [3.8, 4) is 5.75 Å². The van der Waals surface area contributed by atoms with Crippen LogP contribution in [0.5, 0.6) is 5.75 Å². The Balaban J connectivity index is 1.68. The number of hydrogen-bond donors (Lipinski definition) is 1. The van der Waals surface area contributed by atoms with Gasteiger partial charge in [-0.25, -0.2) is 0 Å². The van der Waals surface area contributed by atoms with Crippen molar-refractivity contribution in [3.63, 3.8) is 0 Å². The molecule has 1 aliphatic heterocycles. The summed E-state index contributed by atoms with van der Waals surface area (Å²) in [5.74, 6) is 0.999. The maximum Gasteiger partial charge on any atom is 0.222 e. The molecule has 0 bridgehead atoms. The van der Waals surface area contributed by atoms with E-state index in [1.165, 1.54) is 10.6 Å². The van der Waals surface area contributed by atoms with E-state index in [9.17, 15) is 4.79 Å². The predicted octanol–water partition coefficient (Wildman–Crippen LogP) is 3.78. The highest BCUT2D eigenvalue weighted by Gasteiger charge is 2.31. The van der Waals surface area contributed by atoms with E-state index in [0.29, 0.717) is 0 Å². The minimum absolute atomic E-state index is 0.00152. The number of carbonyl (C=O) groups is 1. The first-order valence-corrected chi connectivity index (χ1v) is 10.8. The van der Waals surface area contributed by atoms with E-state index in [1.807, 2.05) is 26.0 Å². The molecule has 2 heterocycles. The van der Waals surface area contributed by atoms with Crippen LogP contribution in [0.2, 0.25) is 0 Å². The number of piperazine rings is 1. The zero-order valence-corrected chi connectivity index (χ0v) is 18.0. The van der Waals surface area contributed by atoms with E-state index in [4.69, 9.17) is 4.74 Å². The number of amides is 1. The zero-order chi connectivity index (χ0) is 20.1. The van der Waals surface area contributed by atoms with Crippen LogP contribution in [0.3, 0.4) is 0 Å². The molecule has 1 N–H and O–H groups in total. The molecule has 0 radical (unpaired) electrons. The number of nitrogens with zero attached hydrogens (tertiary/aromatic N) is 2. The average molecular weight is 402 g/mol. The van der Waals surface area contributed by atoms with Gasteiger partial charge in [0, 0.05) is 48.7 Å². The Morgan fingerprint density at radius 2 is 1.75 bits per heavy atom. The fourth-order valence-electron chi connectivity index (χ4n) is 3.72. The highest BCUT2D eigenvalue weighted by atomic mass is 32.1. The van der Waals surface area contributed by atoms with Gasteiger partial charge in [0.05, 0.1) is 13.2 Å². The Hall–Kier alpha value is -2.05. The first-order valence-electron chi connectivity index (χ1n) is 9.96. The van der Waals surface area contributed by atoms with Crippen LogP contribution in [0.15, 0.2) is 41.8 Å². The topological polar surface area (TPSA) is 44.8 Å². The van der Waals surface area contributed by atoms with Gasteiger partial charge in [-0.1, -0.05) is 19.9 Å². The van der Waals surface area contributed by atoms with Gasteiger partial charge in [0.15, 0.2) is 0 Å². The number of rotatable bonds is 7. The van der Waals surface area contributed by atoms with E-state index in [-0.39, 0.29) is 23.9 Å². The van der Waals surface area contributed by atoms with Gasteiger partial charge >= 0.3 is 0 Å². The molecule has 0 aliphatic carbocycles. The molecule has 1 saturated heterocycles. The largest absolute Gasteiger partial charge is 0.497 e. The molecule has 2 atom stereocenters. The molecular formula is C22H31N3O2S. The molecule has 3 rings (SSSR count). The monoisotopic (exact) mass is 401 g/mol. The molecule has 152 valence electrons. The summed E-state index contributed by atoms with van der Waals surface area (Å²) in [7, 11) is 1.69. The van der Waals surface area contributed by atoms with Crippen molar-refractivity contribution in [2.75, 3.05) is 38.2 Å². The molecule has 1 amide bonds. The van der Waals surface area contributed by atoms with Crippen LogP contribution in [-0.2, 0) is 4.79 Å². The second kappa shape index (κ2) is 9.43. The minimum Gasteiger partial charge on any atom is -0.497 e. The van der Waals surface area contributed by atoms with Crippen LogP contribution in [-0.4, -0.2) is 50.1 Å². The summed E-state index contributed by atoms with van der Waals surface area (Å²) < 4.78 is 5.26. The molecule has 6 heteroatoms. The van der Waals surface area contributed by atoms with Gasteiger partial charge in [-0.2, -0.15) is 0 Å². The smallest absolute Gasteiger partial charge is 0.222 e. The summed E-state index contributed by atoms with van der Waals surface area (Å²) in [5.41, 5.74) is 1.23. The lowest BCUT2D eigenvalue weighted by molar-refractivity contribution is -0.125. The Bertz CT molecular complexity index is 738. The number of carbonyl (C=O) groups excluding carboxylic acids is 1. The molecule has 2 aromatic rings. The van der Waals surface area contributed by atoms with Crippen molar-refractivity contribution in [3.05, 3.63) is 46.7 Å². The van der Waals surface area contributed by atoms with Crippen molar-refractivity contribution in [1.29, 1.82) is 0 Å². The Labute approximate surface area is 172 Å². The lowest BCUT2D eigenvalue weighted by Gasteiger charge is -2.42. The van der Waals surface area contributed by atoms with Crippen LogP contribution in [0.4, 0.5) is 5.69 Å². The molecule has 1 aliphatic rings. The van der Waals surface area contributed by atoms with Gasteiger partial charge in [-0.05, 0) is 42.6 Å². The average Bonchev–Trinajstić information content (AvgIpc) is 3.23. The predicted molar refractivity (Wildman–Crippen MR) is 116 cm³/mol. The molecule has 28 heavy (non-hydrogen) atoms. The molecule has 0 unspecified atom stereocenters. The highest BCUT2D eigenvalue weighted by Crippen LogP contribution is 2.30. The Kier molecular flexibility index (Phi) is 6.97. The molecule has 5 nitrogen and oxygen atoms in total. The summed E-state index contributed by atoms with van der Waals surface area (Å²) in [6.45, 7) is 9.89. The van der Waals surface area contributed by atoms with Crippen LogP contribution < -0.4 is 15.0 Å². The van der Waals surface area contributed by atoms with Crippen LogP contribution in [0.1, 0.15) is 31.7 Å². The Morgan fingerprint density at radius 1 is 1.07 bits per heavy atom. The molecule has 0 saturated carbocycles. The maximum atomic E-state index is 12.3. The lowest BCUT2D eigenvalue weighted by atomic mass is 10.0. The molecule has 1 fully saturated rings. The second-order valence-corrected chi connectivity index (χ2v) is 8.61. The van der Waals surface area contributed by atoms with Crippen molar-refractivity contribution in [2.24, 2.45) is 5.92 Å². The third kappa shape index (κ3) is 4.86. The van der Waals surface area contributed by atoms with Gasteiger partial charge in [-0.3, -0.25) is 9.69 Å². The third-order valence-electron chi connectivity index (χ3n) is 5.35. The fourth-order valence-corrected chi connectivity index (χ4v) is 4.69. The van der Waals surface area contributed by atoms with E-state index in [0.717, 1.165) is 31.9 Å². The van der Waals surface area contributed by atoms with Crippen LogP contribution in [0.25, 0.3) is 0 Å². The quantitative estimate of drug-likeness (QED) is 0.767. The minimum atomic E-state index is -0.00152. The summed E-state index contributed by atoms with van der Waals surface area (Å²) in [4.78, 5) is 18.5. The van der Waals surface area contributed by atoms with Crippen molar-refractivity contribution < 1.29 is 9.53 Å². The number of ether oxygens (including phenoxy) is 1. The number of nitrogens with one attached hydrogen (secondary N) is 1. The molecule has 0 spiro atoms. The number of anilines is 1. The summed E-state index contributed by atoms with van der Waals surface area (Å²) in [5, 5.41) is 5.34. The Morgan fingerprint density at radius 3 is 2.29 bits per heavy atom. The molecular weight excluding hydrogens is 370 g/mol. The number of thiophene rings is 1. The zero-order valence-electron chi connectivity index (χ0n) is 17.2. The SMILES string of the molecule is COc1ccc(N2CCN([C@@H](c3cccs3)[C@H](C)NC(=O)C(C)C)CC2)cc1. The first-order chi connectivity index (χ1) is 13.5. The third-order valence-corrected chi connectivity index (χ3v) is 6.29. The van der Waals surface area contributed by atoms with Crippen molar-refractivity contribution in [2.45, 2.75) is 32.9 Å². The number of benzene rings is 1. The summed E-state index contributed by atoms with van der Waals surface area (Å²) >= 11 is 1.77.